The molecule has 194 valence electrons. The van der Waals surface area contributed by atoms with Gasteiger partial charge in [0.2, 0.25) is 0 Å². The Morgan fingerprint density at radius 3 is 2.02 bits per heavy atom. The van der Waals surface area contributed by atoms with Gasteiger partial charge in [0.15, 0.2) is 0 Å². The molecule has 2 heterocycles. The monoisotopic (exact) mass is 524 g/mol. The topological polar surface area (TPSA) is 9.23 Å². The number of ether oxygens (including phenoxy) is 1. The fourth-order valence-electron chi connectivity index (χ4n) is 6.31. The van der Waals surface area contributed by atoms with Crippen LogP contribution in [0.4, 0.5) is 0 Å². The molecule has 6 bridgehead atoms. The molecule has 0 aromatic heterocycles. The summed E-state index contributed by atoms with van der Waals surface area (Å²) in [7, 11) is 0. The van der Waals surface area contributed by atoms with Crippen molar-refractivity contribution in [2.24, 2.45) is 0 Å². The summed E-state index contributed by atoms with van der Waals surface area (Å²) in [6, 6.07) is 39.1. The van der Waals surface area contributed by atoms with Crippen molar-refractivity contribution in [1.29, 1.82) is 0 Å². The van der Waals surface area contributed by atoms with Crippen LogP contribution in [0.1, 0.15) is 35.1 Å². The molecule has 0 unspecified atom stereocenters. The second kappa shape index (κ2) is 9.80. The molecule has 0 radical (unpaired) electrons. The standard InChI is InChI=1S/C40H28O/c1-2-11-30-23-20-28-21-24-31-12-8-18-35(38(31)26-28)39-33-14-3-5-16-36(33)40(37-17-6-4-15-34(37)39)41-32-13-7-9-27(25-32)19-22-29(30)10-1/h1-3,5,7-26H,4,6H2/b22-19+,23-20+. The quantitative estimate of drug-likeness (QED) is 0.192. The highest BCUT2D eigenvalue weighted by Gasteiger charge is 2.18. The minimum atomic E-state index is 0.843. The van der Waals surface area contributed by atoms with Gasteiger partial charge in [0.25, 0.3) is 0 Å². The van der Waals surface area contributed by atoms with Gasteiger partial charge in [-0.15, -0.1) is 0 Å². The molecule has 0 saturated carbocycles. The third-order valence-corrected chi connectivity index (χ3v) is 8.27. The van der Waals surface area contributed by atoms with Crippen LogP contribution in [0.2, 0.25) is 0 Å². The van der Waals surface area contributed by atoms with E-state index in [2.05, 4.69) is 146 Å². The maximum atomic E-state index is 6.82. The zero-order valence-electron chi connectivity index (χ0n) is 22.7. The van der Waals surface area contributed by atoms with Crippen LogP contribution in [0.25, 0.3) is 69.1 Å². The highest BCUT2D eigenvalue weighted by molar-refractivity contribution is 6.08. The number of hydrogen-bond donors (Lipinski definition) is 0. The van der Waals surface area contributed by atoms with Crippen LogP contribution in [0, 0.1) is 0 Å². The van der Waals surface area contributed by atoms with Crippen molar-refractivity contribution in [3.05, 3.63) is 142 Å². The average Bonchev–Trinajstić information content (AvgIpc) is 3.03. The maximum Gasteiger partial charge on any atom is 0.142 e. The van der Waals surface area contributed by atoms with E-state index in [9.17, 15) is 0 Å². The van der Waals surface area contributed by atoms with Crippen molar-refractivity contribution in [2.45, 2.75) is 12.8 Å². The van der Waals surface area contributed by atoms with Gasteiger partial charge in [-0.05, 0) is 85.8 Å². The molecule has 1 heteroatoms. The molecule has 41 heavy (non-hydrogen) atoms. The Morgan fingerprint density at radius 1 is 0.488 bits per heavy atom. The lowest BCUT2D eigenvalue weighted by molar-refractivity contribution is 0.483. The Hall–Kier alpha value is -5.14. The van der Waals surface area contributed by atoms with Crippen LogP contribution in [0.3, 0.4) is 0 Å². The third kappa shape index (κ3) is 4.18. The number of benzene rings is 6. The van der Waals surface area contributed by atoms with Gasteiger partial charge in [-0.1, -0.05) is 127 Å². The Balaban J connectivity index is 1.50. The summed E-state index contributed by atoms with van der Waals surface area (Å²) in [6.45, 7) is 0. The lowest BCUT2D eigenvalue weighted by Crippen LogP contribution is -2.30. The predicted molar refractivity (Wildman–Crippen MR) is 175 cm³/mol. The minimum absolute atomic E-state index is 0.843. The zero-order valence-corrected chi connectivity index (χ0v) is 22.7. The first-order chi connectivity index (χ1) is 20.3. The van der Waals surface area contributed by atoms with Gasteiger partial charge >= 0.3 is 0 Å². The Bertz CT molecular complexity index is 2180. The van der Waals surface area contributed by atoms with E-state index in [4.69, 9.17) is 4.74 Å². The van der Waals surface area contributed by atoms with E-state index in [1.54, 1.807) is 0 Å². The second-order valence-corrected chi connectivity index (χ2v) is 10.8. The van der Waals surface area contributed by atoms with Gasteiger partial charge in [-0.3, -0.25) is 0 Å². The SMILES string of the molecule is C1=c2c3c4ccccc4c(c2=CCC1)-c1cccc2ccc(cc12)/C=C/c1ccccc1/C=C/c1cccc(c1)O3. The molecule has 6 aromatic carbocycles. The van der Waals surface area contributed by atoms with Crippen LogP contribution in [0.5, 0.6) is 11.5 Å². The van der Waals surface area contributed by atoms with Crippen molar-refractivity contribution in [1.82, 2.24) is 0 Å². The maximum absolute atomic E-state index is 6.82. The van der Waals surface area contributed by atoms with Crippen molar-refractivity contribution in [3.63, 3.8) is 0 Å². The first kappa shape index (κ1) is 23.7. The van der Waals surface area contributed by atoms with Gasteiger partial charge in [0.1, 0.15) is 11.5 Å². The van der Waals surface area contributed by atoms with Gasteiger partial charge in [-0.2, -0.15) is 0 Å². The van der Waals surface area contributed by atoms with Crippen molar-refractivity contribution >= 4 is 58.0 Å². The largest absolute Gasteiger partial charge is 0.456 e. The summed E-state index contributed by atoms with van der Waals surface area (Å²) in [5.74, 6) is 1.78. The summed E-state index contributed by atoms with van der Waals surface area (Å²) >= 11 is 0. The van der Waals surface area contributed by atoms with Gasteiger partial charge < -0.3 is 4.74 Å². The molecule has 1 nitrogen and oxygen atoms in total. The number of hydrogen-bond acceptors (Lipinski definition) is 1. The van der Waals surface area contributed by atoms with Crippen LogP contribution in [0.15, 0.2) is 109 Å². The highest BCUT2D eigenvalue weighted by atomic mass is 16.5. The Morgan fingerprint density at radius 2 is 1.20 bits per heavy atom. The summed E-state index contributed by atoms with van der Waals surface area (Å²) in [5.41, 5.74) is 7.20. The van der Waals surface area contributed by atoms with Crippen molar-refractivity contribution in [2.75, 3.05) is 0 Å². The van der Waals surface area contributed by atoms with E-state index < -0.39 is 0 Å². The molecule has 3 aliphatic rings. The zero-order chi connectivity index (χ0) is 27.2. The van der Waals surface area contributed by atoms with E-state index in [1.807, 2.05) is 0 Å². The van der Waals surface area contributed by atoms with Gasteiger partial charge in [0, 0.05) is 10.6 Å². The fraction of sp³-hybridized carbons (Fsp3) is 0.0500. The molecule has 6 aromatic rings. The van der Waals surface area contributed by atoms with Crippen molar-refractivity contribution in [3.8, 4) is 22.6 Å². The number of rotatable bonds is 0. The fourth-order valence-corrected chi connectivity index (χ4v) is 6.31. The molecule has 0 fully saturated rings. The molecule has 2 aliphatic heterocycles. The highest BCUT2D eigenvalue weighted by Crippen LogP contribution is 2.36. The van der Waals surface area contributed by atoms with Crippen LogP contribution < -0.4 is 15.2 Å². The molecule has 9 rings (SSSR count). The summed E-state index contributed by atoms with van der Waals surface area (Å²) in [5, 5.41) is 7.31. The smallest absolute Gasteiger partial charge is 0.142 e. The second-order valence-electron chi connectivity index (χ2n) is 10.8. The first-order valence-corrected chi connectivity index (χ1v) is 14.3. The molecular formula is C40H28O. The summed E-state index contributed by atoms with van der Waals surface area (Å²) in [6.07, 6.45) is 15.6. The molecular weight excluding hydrogens is 496 g/mol. The van der Waals surface area contributed by atoms with Crippen molar-refractivity contribution < 1.29 is 4.74 Å². The Labute approximate surface area is 239 Å². The van der Waals surface area contributed by atoms with E-state index in [0.717, 1.165) is 35.3 Å². The van der Waals surface area contributed by atoms with E-state index >= 15 is 0 Å². The lowest BCUT2D eigenvalue weighted by atomic mass is 9.88. The Kier molecular flexibility index (Phi) is 5.67. The summed E-state index contributed by atoms with van der Waals surface area (Å²) < 4.78 is 6.82. The third-order valence-electron chi connectivity index (χ3n) is 8.27. The van der Waals surface area contributed by atoms with Gasteiger partial charge in [-0.25, -0.2) is 0 Å². The van der Waals surface area contributed by atoms with Crippen LogP contribution in [-0.4, -0.2) is 0 Å². The van der Waals surface area contributed by atoms with E-state index in [0.29, 0.717) is 0 Å². The molecule has 0 spiro atoms. The van der Waals surface area contributed by atoms with E-state index in [-0.39, 0.29) is 0 Å². The minimum Gasteiger partial charge on any atom is -0.456 e. The molecule has 0 saturated heterocycles. The average molecular weight is 525 g/mol. The first-order valence-electron chi connectivity index (χ1n) is 14.3. The van der Waals surface area contributed by atoms with Gasteiger partial charge in [0.05, 0.1) is 0 Å². The van der Waals surface area contributed by atoms with E-state index in [1.165, 1.54) is 54.4 Å². The lowest BCUT2D eigenvalue weighted by Gasteiger charge is -2.19. The van der Waals surface area contributed by atoms with Crippen LogP contribution in [-0.2, 0) is 0 Å². The molecule has 0 atom stereocenters. The predicted octanol–water partition coefficient (Wildman–Crippen LogP) is 9.46. The molecule has 0 N–H and O–H groups in total. The normalized spacial score (nSPS) is 15.1. The van der Waals surface area contributed by atoms with Crippen LogP contribution >= 0.6 is 0 Å². The summed E-state index contributed by atoms with van der Waals surface area (Å²) in [4.78, 5) is 0. The molecule has 0 amide bonds. The molecule has 1 aliphatic carbocycles.